The van der Waals surface area contributed by atoms with E-state index in [-0.39, 0.29) is 5.91 Å². The summed E-state index contributed by atoms with van der Waals surface area (Å²) in [6.07, 6.45) is 1.64. The lowest BCUT2D eigenvalue weighted by Crippen LogP contribution is -2.27. The van der Waals surface area contributed by atoms with Crippen LogP contribution in [0.15, 0.2) is 36.4 Å². The van der Waals surface area contributed by atoms with Crippen LogP contribution in [0.5, 0.6) is 0 Å². The van der Waals surface area contributed by atoms with Gasteiger partial charge in [-0.15, -0.1) is 0 Å². The summed E-state index contributed by atoms with van der Waals surface area (Å²) in [5, 5.41) is 6.02. The summed E-state index contributed by atoms with van der Waals surface area (Å²) in [7, 11) is 1.67. The molecule has 6 nitrogen and oxygen atoms in total. The van der Waals surface area contributed by atoms with Crippen LogP contribution in [-0.2, 0) is 11.2 Å². The Morgan fingerprint density at radius 3 is 2.71 bits per heavy atom. The lowest BCUT2D eigenvalue weighted by Gasteiger charge is -2.09. The lowest BCUT2D eigenvalue weighted by atomic mass is 10.1. The summed E-state index contributed by atoms with van der Waals surface area (Å²) in [6, 6.07) is 11.7. The van der Waals surface area contributed by atoms with Crippen molar-refractivity contribution in [1.82, 2.24) is 15.3 Å². The Hall–Kier alpha value is -2.47. The molecule has 2 rings (SSSR count). The summed E-state index contributed by atoms with van der Waals surface area (Å²) in [6.45, 7) is 3.79. The number of methoxy groups -OCH3 is 1. The average Bonchev–Trinajstić information content (AvgIpc) is 2.59. The fourth-order valence-electron chi connectivity index (χ4n) is 2.24. The number of nitrogens with one attached hydrogen (secondary N) is 2. The number of nitrogens with zero attached hydrogens (tertiary/aromatic N) is 2. The zero-order valence-corrected chi connectivity index (χ0v) is 14.2. The van der Waals surface area contributed by atoms with Gasteiger partial charge in [0, 0.05) is 32.5 Å². The number of aromatic nitrogens is 2. The Kier molecular flexibility index (Phi) is 7.17. The fraction of sp³-hybridized carbons (Fsp3) is 0.389. The molecule has 2 aromatic rings. The van der Waals surface area contributed by atoms with Gasteiger partial charge in [0.2, 0.25) is 5.95 Å². The molecule has 24 heavy (non-hydrogen) atoms. The van der Waals surface area contributed by atoms with Crippen LogP contribution in [0.3, 0.4) is 0 Å². The molecule has 1 aromatic carbocycles. The smallest absolute Gasteiger partial charge is 0.270 e. The van der Waals surface area contributed by atoms with Gasteiger partial charge in [0.1, 0.15) is 5.69 Å². The molecule has 0 unspecified atom stereocenters. The summed E-state index contributed by atoms with van der Waals surface area (Å²) in [5.41, 5.74) is 2.33. The van der Waals surface area contributed by atoms with Crippen molar-refractivity contribution in [2.75, 3.05) is 32.1 Å². The Labute approximate surface area is 142 Å². The predicted octanol–water partition coefficient (Wildman–Crippen LogP) is 2.21. The minimum absolute atomic E-state index is 0.184. The quantitative estimate of drug-likeness (QED) is 0.690. The van der Waals surface area contributed by atoms with Crippen LogP contribution in [-0.4, -0.2) is 42.7 Å². The second-order valence-corrected chi connectivity index (χ2v) is 5.48. The molecule has 1 aromatic heterocycles. The highest BCUT2D eigenvalue weighted by atomic mass is 16.5. The summed E-state index contributed by atoms with van der Waals surface area (Å²) >= 11 is 0. The minimum atomic E-state index is -0.184. The Balaban J connectivity index is 1.87. The van der Waals surface area contributed by atoms with Crippen molar-refractivity contribution in [2.45, 2.75) is 19.8 Å². The topological polar surface area (TPSA) is 76.1 Å². The Morgan fingerprint density at radius 2 is 1.96 bits per heavy atom. The van der Waals surface area contributed by atoms with Gasteiger partial charge in [-0.1, -0.05) is 30.3 Å². The van der Waals surface area contributed by atoms with Gasteiger partial charge in [-0.3, -0.25) is 4.79 Å². The normalized spacial score (nSPS) is 10.4. The van der Waals surface area contributed by atoms with Gasteiger partial charge < -0.3 is 15.4 Å². The van der Waals surface area contributed by atoms with Crippen LogP contribution in [0.25, 0.3) is 0 Å². The maximum absolute atomic E-state index is 12.3. The monoisotopic (exact) mass is 328 g/mol. The number of aryl methyl sites for hydroxylation is 1. The molecule has 0 aliphatic rings. The van der Waals surface area contributed by atoms with Crippen molar-refractivity contribution in [2.24, 2.45) is 0 Å². The SMILES string of the molecule is COCCCNc1nc(C)cc(C(=O)NCCc2ccccc2)n1. The molecule has 0 aliphatic carbocycles. The van der Waals surface area contributed by atoms with E-state index in [9.17, 15) is 4.79 Å². The third-order valence-corrected chi connectivity index (χ3v) is 3.44. The molecule has 0 saturated heterocycles. The second-order valence-electron chi connectivity index (χ2n) is 5.48. The highest BCUT2D eigenvalue weighted by molar-refractivity contribution is 5.92. The number of carbonyl (C=O) groups is 1. The first-order chi connectivity index (χ1) is 11.7. The maximum atomic E-state index is 12.3. The Morgan fingerprint density at radius 1 is 1.17 bits per heavy atom. The van der Waals surface area contributed by atoms with Crippen molar-refractivity contribution in [3.05, 3.63) is 53.3 Å². The molecule has 0 radical (unpaired) electrons. The molecule has 128 valence electrons. The number of hydrogen-bond acceptors (Lipinski definition) is 5. The molecule has 0 aliphatic heterocycles. The summed E-state index contributed by atoms with van der Waals surface area (Å²) < 4.78 is 5.00. The van der Waals surface area contributed by atoms with Crippen molar-refractivity contribution < 1.29 is 9.53 Å². The van der Waals surface area contributed by atoms with Crippen molar-refractivity contribution in [3.8, 4) is 0 Å². The first-order valence-electron chi connectivity index (χ1n) is 8.09. The van der Waals surface area contributed by atoms with Crippen LogP contribution in [0.4, 0.5) is 5.95 Å². The number of amides is 1. The fourth-order valence-corrected chi connectivity index (χ4v) is 2.24. The predicted molar refractivity (Wildman–Crippen MR) is 94.2 cm³/mol. The van der Waals surface area contributed by atoms with E-state index >= 15 is 0 Å². The molecule has 1 heterocycles. The second kappa shape index (κ2) is 9.62. The van der Waals surface area contributed by atoms with E-state index < -0.39 is 0 Å². The van der Waals surface area contributed by atoms with Crippen molar-refractivity contribution in [1.29, 1.82) is 0 Å². The van der Waals surface area contributed by atoms with Gasteiger partial charge in [-0.05, 0) is 31.4 Å². The van der Waals surface area contributed by atoms with E-state index in [1.807, 2.05) is 37.3 Å². The molecule has 0 saturated carbocycles. The van der Waals surface area contributed by atoms with Gasteiger partial charge in [0.15, 0.2) is 0 Å². The molecule has 6 heteroatoms. The number of anilines is 1. The molecular formula is C18H24N4O2. The van der Waals surface area contributed by atoms with Gasteiger partial charge in [-0.25, -0.2) is 9.97 Å². The van der Waals surface area contributed by atoms with Crippen LogP contribution < -0.4 is 10.6 Å². The lowest BCUT2D eigenvalue weighted by molar-refractivity contribution is 0.0949. The molecule has 0 atom stereocenters. The third kappa shape index (κ3) is 5.96. The van der Waals surface area contributed by atoms with Crippen LogP contribution >= 0.6 is 0 Å². The standard InChI is InChI=1S/C18H24N4O2/c1-14-13-16(22-18(21-14)20-10-6-12-24-2)17(23)19-11-9-15-7-4-3-5-8-15/h3-5,7-8,13H,6,9-12H2,1-2H3,(H,19,23)(H,20,21,22). The van der Waals surface area contributed by atoms with E-state index in [4.69, 9.17) is 4.74 Å². The number of rotatable bonds is 9. The summed E-state index contributed by atoms with van der Waals surface area (Å²) in [4.78, 5) is 20.8. The van der Waals surface area contributed by atoms with Gasteiger partial charge in [0.25, 0.3) is 5.91 Å². The summed E-state index contributed by atoms with van der Waals surface area (Å²) in [5.74, 6) is 0.288. The largest absolute Gasteiger partial charge is 0.385 e. The van der Waals surface area contributed by atoms with E-state index in [1.54, 1.807) is 13.2 Å². The van der Waals surface area contributed by atoms with E-state index in [1.165, 1.54) is 5.56 Å². The molecule has 0 fully saturated rings. The number of benzene rings is 1. The van der Waals surface area contributed by atoms with Crippen LogP contribution in [0, 0.1) is 6.92 Å². The molecule has 1 amide bonds. The Bertz CT molecular complexity index is 647. The van der Waals surface area contributed by atoms with E-state index in [0.29, 0.717) is 31.3 Å². The minimum Gasteiger partial charge on any atom is -0.385 e. The molecule has 0 spiro atoms. The maximum Gasteiger partial charge on any atom is 0.270 e. The molecule has 2 N–H and O–H groups in total. The van der Waals surface area contributed by atoms with Crippen molar-refractivity contribution in [3.63, 3.8) is 0 Å². The van der Waals surface area contributed by atoms with Crippen molar-refractivity contribution >= 4 is 11.9 Å². The highest BCUT2D eigenvalue weighted by Gasteiger charge is 2.10. The van der Waals surface area contributed by atoms with Gasteiger partial charge in [-0.2, -0.15) is 0 Å². The van der Waals surface area contributed by atoms with Gasteiger partial charge in [0.05, 0.1) is 0 Å². The number of ether oxygens (including phenoxy) is 1. The number of carbonyl (C=O) groups excluding carboxylic acids is 1. The van der Waals surface area contributed by atoms with Crippen LogP contribution in [0.1, 0.15) is 28.2 Å². The molecule has 0 bridgehead atoms. The van der Waals surface area contributed by atoms with Gasteiger partial charge >= 0.3 is 0 Å². The first kappa shape index (κ1) is 17.9. The third-order valence-electron chi connectivity index (χ3n) is 3.44. The highest BCUT2D eigenvalue weighted by Crippen LogP contribution is 2.05. The van der Waals surface area contributed by atoms with Crippen LogP contribution in [0.2, 0.25) is 0 Å². The zero-order chi connectivity index (χ0) is 17.2. The zero-order valence-electron chi connectivity index (χ0n) is 14.2. The number of hydrogen-bond donors (Lipinski definition) is 2. The first-order valence-corrected chi connectivity index (χ1v) is 8.09. The van der Waals surface area contributed by atoms with E-state index in [2.05, 4.69) is 20.6 Å². The molecular weight excluding hydrogens is 304 g/mol. The van der Waals surface area contributed by atoms with E-state index in [0.717, 1.165) is 18.5 Å². The average molecular weight is 328 g/mol.